The fourth-order valence-electron chi connectivity index (χ4n) is 2.39. The Kier molecular flexibility index (Phi) is 7.10. The van der Waals surface area contributed by atoms with E-state index in [4.69, 9.17) is 0 Å². The maximum absolute atomic E-state index is 12.4. The first-order chi connectivity index (χ1) is 11.6. The first-order valence-corrected chi connectivity index (χ1v) is 8.15. The van der Waals surface area contributed by atoms with Gasteiger partial charge in [-0.25, -0.2) is 9.36 Å². The summed E-state index contributed by atoms with van der Waals surface area (Å²) in [6, 6.07) is 5.63. The van der Waals surface area contributed by atoms with Gasteiger partial charge in [0.25, 0.3) is 5.56 Å². The van der Waals surface area contributed by atoms with Crippen LogP contribution < -0.4 is 16.6 Å². The van der Waals surface area contributed by atoms with Crippen molar-refractivity contribution >= 4 is 22.7 Å². The summed E-state index contributed by atoms with van der Waals surface area (Å²) in [5.41, 5.74) is -0.756. The van der Waals surface area contributed by atoms with Gasteiger partial charge < -0.3 is 4.98 Å². The first-order valence-electron chi connectivity index (χ1n) is 8.15. The van der Waals surface area contributed by atoms with Gasteiger partial charge in [0.15, 0.2) is 0 Å². The molecule has 0 bridgehead atoms. The van der Waals surface area contributed by atoms with Gasteiger partial charge in [0.05, 0.1) is 10.9 Å². The Balaban J connectivity index is 0.000000671. The molecule has 2 heterocycles. The number of para-hydroxylation sites is 1. The van der Waals surface area contributed by atoms with Crippen LogP contribution in [-0.2, 0) is 9.59 Å². The molecule has 1 aliphatic rings. The van der Waals surface area contributed by atoms with Crippen molar-refractivity contribution in [2.24, 2.45) is 0 Å². The topological polar surface area (TPSA) is 101 Å². The number of hydrogen-bond acceptors (Lipinski definition) is 4. The molecule has 130 valence electrons. The second-order valence-electron chi connectivity index (χ2n) is 4.62. The number of carbonyl (C=O) groups excluding carboxylic acids is 2. The Bertz CT molecular complexity index is 836. The number of piperidine rings is 1. The van der Waals surface area contributed by atoms with E-state index in [1.807, 2.05) is 27.7 Å². The summed E-state index contributed by atoms with van der Waals surface area (Å²) >= 11 is 0. The Morgan fingerprint density at radius 2 is 1.62 bits per heavy atom. The summed E-state index contributed by atoms with van der Waals surface area (Å²) in [5.74, 6) is -1.01. The number of nitrogens with one attached hydrogen (secondary N) is 2. The van der Waals surface area contributed by atoms with Gasteiger partial charge in [-0.05, 0) is 18.6 Å². The van der Waals surface area contributed by atoms with Gasteiger partial charge in [0.2, 0.25) is 11.8 Å². The van der Waals surface area contributed by atoms with Crippen molar-refractivity contribution in [2.45, 2.75) is 46.6 Å². The third-order valence-corrected chi connectivity index (χ3v) is 3.36. The Morgan fingerprint density at radius 3 is 2.25 bits per heavy atom. The summed E-state index contributed by atoms with van der Waals surface area (Å²) < 4.78 is 0.879. The van der Waals surface area contributed by atoms with Crippen LogP contribution in [0.4, 0.5) is 0 Å². The molecule has 1 fully saturated rings. The fourth-order valence-corrected chi connectivity index (χ4v) is 2.39. The molecule has 1 unspecified atom stereocenters. The molecule has 2 aromatic rings. The molecule has 0 saturated carbocycles. The van der Waals surface area contributed by atoms with Crippen molar-refractivity contribution in [3.63, 3.8) is 0 Å². The molecule has 0 radical (unpaired) electrons. The van der Waals surface area contributed by atoms with Crippen molar-refractivity contribution in [1.29, 1.82) is 0 Å². The normalized spacial score (nSPS) is 16.4. The summed E-state index contributed by atoms with van der Waals surface area (Å²) in [6.07, 6.45) is 0.251. The number of nitrogens with zero attached hydrogens (tertiary/aromatic N) is 1. The number of hydrogen-bond donors (Lipinski definition) is 2. The molecule has 0 aliphatic carbocycles. The monoisotopic (exact) mass is 333 g/mol. The van der Waals surface area contributed by atoms with E-state index in [1.54, 1.807) is 24.3 Å². The van der Waals surface area contributed by atoms with Crippen LogP contribution in [0.1, 0.15) is 46.6 Å². The van der Waals surface area contributed by atoms with Crippen molar-refractivity contribution in [1.82, 2.24) is 14.9 Å². The standard InChI is InChI=1S/C13H11N3O4.2C2H6/c17-10-6-5-9(11(18)15-10)16-12(19)7-3-1-2-4-8(7)14-13(16)20;2*1-2/h1-4,9H,5-6H2,(H,14,20)(H,15,17,18);2*1-2H3. The van der Waals surface area contributed by atoms with Crippen LogP contribution in [0.3, 0.4) is 0 Å². The highest BCUT2D eigenvalue weighted by atomic mass is 16.2. The number of H-pyrrole nitrogens is 1. The van der Waals surface area contributed by atoms with E-state index < -0.39 is 29.1 Å². The Labute approximate surface area is 139 Å². The lowest BCUT2D eigenvalue weighted by Crippen LogP contribution is -2.48. The van der Waals surface area contributed by atoms with Crippen molar-refractivity contribution in [3.05, 3.63) is 45.1 Å². The van der Waals surface area contributed by atoms with Gasteiger partial charge in [0, 0.05) is 6.42 Å². The van der Waals surface area contributed by atoms with E-state index in [2.05, 4.69) is 10.3 Å². The number of amides is 2. The number of aromatic nitrogens is 2. The average Bonchev–Trinajstić information content (AvgIpc) is 2.60. The smallest absolute Gasteiger partial charge is 0.307 e. The molecule has 1 atom stereocenters. The zero-order valence-electron chi connectivity index (χ0n) is 14.4. The van der Waals surface area contributed by atoms with Crippen molar-refractivity contribution in [2.75, 3.05) is 0 Å². The van der Waals surface area contributed by atoms with Crippen LogP contribution in [0, 0.1) is 0 Å². The van der Waals surface area contributed by atoms with E-state index in [9.17, 15) is 19.2 Å². The first kappa shape index (κ1) is 19.3. The summed E-state index contributed by atoms with van der Waals surface area (Å²) in [5, 5.41) is 2.47. The number of carbonyl (C=O) groups is 2. The molecule has 2 amide bonds. The lowest BCUT2D eigenvalue weighted by Gasteiger charge is -2.22. The lowest BCUT2D eigenvalue weighted by atomic mass is 10.1. The van der Waals surface area contributed by atoms with E-state index in [-0.39, 0.29) is 12.8 Å². The van der Waals surface area contributed by atoms with Gasteiger partial charge in [0.1, 0.15) is 6.04 Å². The molecule has 1 aromatic heterocycles. The molecule has 2 N–H and O–H groups in total. The molecule has 24 heavy (non-hydrogen) atoms. The van der Waals surface area contributed by atoms with Crippen molar-refractivity contribution in [3.8, 4) is 0 Å². The zero-order chi connectivity index (χ0) is 18.3. The maximum Gasteiger partial charge on any atom is 0.329 e. The highest BCUT2D eigenvalue weighted by Gasteiger charge is 2.30. The SMILES string of the molecule is CC.CC.O=C1CCC(n2c(=O)[nH]c3ccccc3c2=O)C(=O)N1. The van der Waals surface area contributed by atoms with E-state index in [0.29, 0.717) is 10.9 Å². The van der Waals surface area contributed by atoms with Gasteiger partial charge >= 0.3 is 5.69 Å². The minimum atomic E-state index is -0.950. The van der Waals surface area contributed by atoms with Gasteiger partial charge in [-0.15, -0.1) is 0 Å². The summed E-state index contributed by atoms with van der Waals surface area (Å²) in [4.78, 5) is 49.9. The van der Waals surface area contributed by atoms with Crippen molar-refractivity contribution < 1.29 is 9.59 Å². The molecule has 1 saturated heterocycles. The van der Waals surface area contributed by atoms with Gasteiger partial charge in [-0.2, -0.15) is 0 Å². The molecular formula is C17H23N3O4. The molecule has 7 nitrogen and oxygen atoms in total. The maximum atomic E-state index is 12.4. The minimum Gasteiger partial charge on any atom is -0.307 e. The predicted octanol–water partition coefficient (Wildman–Crippen LogP) is 1.72. The second kappa shape index (κ2) is 8.81. The minimum absolute atomic E-state index is 0.106. The average molecular weight is 333 g/mol. The number of benzene rings is 1. The highest BCUT2D eigenvalue weighted by molar-refractivity contribution is 5.99. The Hall–Kier alpha value is -2.70. The fraction of sp³-hybridized carbons (Fsp3) is 0.412. The van der Waals surface area contributed by atoms with Crippen LogP contribution in [-0.4, -0.2) is 21.4 Å². The molecule has 1 aliphatic heterocycles. The molecule has 3 rings (SSSR count). The number of fused-ring (bicyclic) bond motifs is 1. The zero-order valence-corrected chi connectivity index (χ0v) is 14.4. The largest absolute Gasteiger partial charge is 0.329 e. The van der Waals surface area contributed by atoms with Gasteiger partial charge in [-0.1, -0.05) is 39.8 Å². The quantitative estimate of drug-likeness (QED) is 0.776. The highest BCUT2D eigenvalue weighted by Crippen LogP contribution is 2.15. The van der Waals surface area contributed by atoms with Crippen LogP contribution >= 0.6 is 0 Å². The van der Waals surface area contributed by atoms with E-state index in [0.717, 1.165) is 4.57 Å². The number of imide groups is 1. The van der Waals surface area contributed by atoms with E-state index in [1.165, 1.54) is 0 Å². The number of aromatic amines is 1. The summed E-state index contributed by atoms with van der Waals surface area (Å²) in [6.45, 7) is 8.00. The van der Waals surface area contributed by atoms with Gasteiger partial charge in [-0.3, -0.25) is 19.7 Å². The van der Waals surface area contributed by atoms with Crippen LogP contribution in [0.15, 0.2) is 33.9 Å². The molecule has 0 spiro atoms. The van der Waals surface area contributed by atoms with E-state index >= 15 is 0 Å². The second-order valence-corrected chi connectivity index (χ2v) is 4.62. The van der Waals surface area contributed by atoms with Crippen LogP contribution in [0.2, 0.25) is 0 Å². The third-order valence-electron chi connectivity index (χ3n) is 3.36. The van der Waals surface area contributed by atoms with Crippen LogP contribution in [0.5, 0.6) is 0 Å². The predicted molar refractivity (Wildman–Crippen MR) is 92.9 cm³/mol. The molecule has 7 heteroatoms. The summed E-state index contributed by atoms with van der Waals surface area (Å²) in [7, 11) is 0. The third kappa shape index (κ3) is 3.79. The van der Waals surface area contributed by atoms with Crippen LogP contribution in [0.25, 0.3) is 10.9 Å². The lowest BCUT2D eigenvalue weighted by molar-refractivity contribution is -0.135. The Morgan fingerprint density at radius 1 is 1.00 bits per heavy atom. The number of rotatable bonds is 1. The molecular weight excluding hydrogens is 310 g/mol. The molecule has 1 aromatic carbocycles.